The number of nitrogens with zero attached hydrogens (tertiary/aromatic N) is 3. The minimum absolute atomic E-state index is 0.0636. The Hall–Kier alpha value is -2.57. The van der Waals surface area contributed by atoms with Gasteiger partial charge in [0.25, 0.3) is 0 Å². The maximum Gasteiger partial charge on any atom is 0.224 e. The van der Waals surface area contributed by atoms with Gasteiger partial charge in [-0.3, -0.25) is 4.79 Å². The summed E-state index contributed by atoms with van der Waals surface area (Å²) in [6.07, 6.45) is 2.34. The number of hydrogen-bond acceptors (Lipinski definition) is 5. The van der Waals surface area contributed by atoms with Crippen molar-refractivity contribution >= 4 is 5.91 Å². The third-order valence-corrected chi connectivity index (χ3v) is 4.06. The number of hydrogen-bond donors (Lipinski definition) is 1. The van der Waals surface area contributed by atoms with Crippen molar-refractivity contribution in [1.29, 1.82) is 0 Å². The molecule has 1 aliphatic heterocycles. The van der Waals surface area contributed by atoms with Crippen molar-refractivity contribution in [3.05, 3.63) is 35.9 Å². The first kappa shape index (κ1) is 16.3. The van der Waals surface area contributed by atoms with Crippen molar-refractivity contribution in [1.82, 2.24) is 20.1 Å². The highest BCUT2D eigenvalue weighted by atomic mass is 16.5. The number of fused-ring (bicyclic) bond motifs is 1. The van der Waals surface area contributed by atoms with E-state index in [9.17, 15) is 4.79 Å². The molecule has 1 aromatic heterocycles. The number of ether oxygens (including phenoxy) is 2. The van der Waals surface area contributed by atoms with E-state index in [-0.39, 0.29) is 18.4 Å². The highest BCUT2D eigenvalue weighted by Gasteiger charge is 2.22. The van der Waals surface area contributed by atoms with Crippen molar-refractivity contribution in [2.24, 2.45) is 0 Å². The van der Waals surface area contributed by atoms with Gasteiger partial charge in [-0.2, -0.15) is 0 Å². The zero-order valence-corrected chi connectivity index (χ0v) is 14.0. The maximum absolute atomic E-state index is 12.1. The van der Waals surface area contributed by atoms with Crippen molar-refractivity contribution in [3.63, 3.8) is 0 Å². The first-order valence-electron chi connectivity index (χ1n) is 8.15. The van der Waals surface area contributed by atoms with Crippen LogP contribution in [0.5, 0.6) is 11.5 Å². The summed E-state index contributed by atoms with van der Waals surface area (Å²) < 4.78 is 12.8. The van der Waals surface area contributed by atoms with E-state index < -0.39 is 0 Å². The number of aryl methyl sites for hydroxylation is 1. The molecule has 1 atom stereocenters. The summed E-state index contributed by atoms with van der Waals surface area (Å²) in [4.78, 5) is 12.1. The van der Waals surface area contributed by atoms with Crippen LogP contribution in [0.15, 0.2) is 24.3 Å². The van der Waals surface area contributed by atoms with Gasteiger partial charge in [-0.25, -0.2) is 0 Å². The maximum atomic E-state index is 12.1. The summed E-state index contributed by atoms with van der Waals surface area (Å²) in [6, 6.07) is 7.13. The third-order valence-electron chi connectivity index (χ3n) is 4.06. The second kappa shape index (κ2) is 7.33. The van der Waals surface area contributed by atoms with Crippen molar-refractivity contribution in [2.75, 3.05) is 13.7 Å². The van der Waals surface area contributed by atoms with Crippen LogP contribution in [-0.2, 0) is 17.8 Å². The molecule has 0 saturated carbocycles. The fourth-order valence-electron chi connectivity index (χ4n) is 2.81. The lowest BCUT2D eigenvalue weighted by Gasteiger charge is -2.14. The fourth-order valence-corrected chi connectivity index (χ4v) is 2.81. The van der Waals surface area contributed by atoms with Crippen LogP contribution < -0.4 is 14.8 Å². The van der Waals surface area contributed by atoms with Crippen LogP contribution in [0, 0.1) is 0 Å². The van der Waals surface area contributed by atoms with Gasteiger partial charge in [-0.1, -0.05) is 0 Å². The topological polar surface area (TPSA) is 78.3 Å². The molecule has 24 heavy (non-hydrogen) atoms. The molecule has 0 radical (unpaired) electrons. The van der Waals surface area contributed by atoms with Crippen LogP contribution in [0.2, 0.25) is 0 Å². The van der Waals surface area contributed by atoms with E-state index in [1.165, 1.54) is 0 Å². The van der Waals surface area contributed by atoms with Gasteiger partial charge in [0.05, 0.1) is 26.2 Å². The van der Waals surface area contributed by atoms with E-state index in [1.807, 2.05) is 31.2 Å². The van der Waals surface area contributed by atoms with E-state index >= 15 is 0 Å². The van der Waals surface area contributed by atoms with E-state index in [2.05, 4.69) is 20.1 Å². The SMILES string of the molecule is COc1ccc(OCCC(=O)NC(C)c2nnc3n2CCC3)cc1. The van der Waals surface area contributed by atoms with E-state index in [0.29, 0.717) is 12.4 Å². The second-order valence-electron chi connectivity index (χ2n) is 5.79. The lowest BCUT2D eigenvalue weighted by Crippen LogP contribution is -2.29. The molecule has 0 fully saturated rings. The normalized spacial score (nSPS) is 14.1. The zero-order chi connectivity index (χ0) is 16.9. The molecule has 0 saturated heterocycles. The van der Waals surface area contributed by atoms with Crippen LogP contribution in [0.25, 0.3) is 0 Å². The Morgan fingerprint density at radius 3 is 2.79 bits per heavy atom. The quantitative estimate of drug-likeness (QED) is 0.838. The largest absolute Gasteiger partial charge is 0.497 e. The average molecular weight is 330 g/mol. The summed E-state index contributed by atoms with van der Waals surface area (Å²) in [5, 5.41) is 11.3. The van der Waals surface area contributed by atoms with Crippen LogP contribution in [0.3, 0.4) is 0 Å². The number of methoxy groups -OCH3 is 1. The van der Waals surface area contributed by atoms with Crippen LogP contribution >= 0.6 is 0 Å². The van der Waals surface area contributed by atoms with Gasteiger partial charge in [0.1, 0.15) is 17.3 Å². The molecule has 2 aromatic rings. The lowest BCUT2D eigenvalue weighted by atomic mass is 10.3. The summed E-state index contributed by atoms with van der Waals surface area (Å²) in [5.74, 6) is 3.26. The second-order valence-corrected chi connectivity index (χ2v) is 5.79. The van der Waals surface area contributed by atoms with Crippen LogP contribution in [-0.4, -0.2) is 34.4 Å². The summed E-state index contributed by atoms with van der Waals surface area (Å²) in [5.41, 5.74) is 0. The highest BCUT2D eigenvalue weighted by Crippen LogP contribution is 2.19. The molecule has 7 heteroatoms. The highest BCUT2D eigenvalue weighted by molar-refractivity contribution is 5.76. The van der Waals surface area contributed by atoms with E-state index in [0.717, 1.165) is 36.8 Å². The zero-order valence-electron chi connectivity index (χ0n) is 14.0. The molecular formula is C17H22N4O3. The minimum atomic E-state index is -0.155. The number of benzene rings is 1. The fraction of sp³-hybridized carbons (Fsp3) is 0.471. The molecule has 1 aromatic carbocycles. The van der Waals surface area contributed by atoms with Gasteiger partial charge >= 0.3 is 0 Å². The number of rotatable bonds is 7. The van der Waals surface area contributed by atoms with Gasteiger partial charge in [-0.15, -0.1) is 10.2 Å². The molecule has 7 nitrogen and oxygen atoms in total. The molecule has 0 bridgehead atoms. The molecular weight excluding hydrogens is 308 g/mol. The Bertz CT molecular complexity index is 696. The van der Waals surface area contributed by atoms with Gasteiger partial charge in [0.15, 0.2) is 5.82 Å². The Balaban J connectivity index is 1.45. The molecule has 1 aliphatic rings. The predicted octanol–water partition coefficient (Wildman–Crippen LogP) is 1.88. The number of carbonyl (C=O) groups excluding carboxylic acids is 1. The Morgan fingerprint density at radius 1 is 1.29 bits per heavy atom. The number of amides is 1. The molecule has 1 amide bonds. The van der Waals surface area contributed by atoms with Crippen molar-refractivity contribution in [2.45, 2.75) is 38.8 Å². The minimum Gasteiger partial charge on any atom is -0.497 e. The molecule has 0 spiro atoms. The predicted molar refractivity (Wildman–Crippen MR) is 88.0 cm³/mol. The molecule has 128 valence electrons. The standard InChI is InChI=1S/C17H22N4O3/c1-12(17-20-19-15-4-3-10-21(15)17)18-16(22)9-11-24-14-7-5-13(23-2)6-8-14/h5-8,12H,3-4,9-11H2,1-2H3,(H,18,22). The van der Waals surface area contributed by atoms with Gasteiger partial charge in [-0.05, 0) is 37.6 Å². The number of nitrogens with one attached hydrogen (secondary N) is 1. The van der Waals surface area contributed by atoms with Crippen molar-refractivity contribution in [3.8, 4) is 11.5 Å². The summed E-state index contributed by atoms with van der Waals surface area (Å²) in [6.45, 7) is 3.18. The van der Waals surface area contributed by atoms with E-state index in [4.69, 9.17) is 9.47 Å². The first-order chi connectivity index (χ1) is 11.7. The van der Waals surface area contributed by atoms with Crippen molar-refractivity contribution < 1.29 is 14.3 Å². The van der Waals surface area contributed by atoms with Gasteiger partial charge in [0.2, 0.25) is 5.91 Å². The first-order valence-corrected chi connectivity index (χ1v) is 8.15. The van der Waals surface area contributed by atoms with E-state index in [1.54, 1.807) is 7.11 Å². The Kier molecular flexibility index (Phi) is 4.98. The third kappa shape index (κ3) is 3.67. The molecule has 1 unspecified atom stereocenters. The smallest absolute Gasteiger partial charge is 0.224 e. The van der Waals surface area contributed by atoms with Crippen LogP contribution in [0.4, 0.5) is 0 Å². The monoisotopic (exact) mass is 330 g/mol. The Labute approximate surface area is 141 Å². The van der Waals surface area contributed by atoms with Crippen LogP contribution in [0.1, 0.15) is 37.5 Å². The molecule has 3 rings (SSSR count). The van der Waals surface area contributed by atoms with Gasteiger partial charge in [0, 0.05) is 13.0 Å². The molecule has 2 heterocycles. The Morgan fingerprint density at radius 2 is 2.04 bits per heavy atom. The summed E-state index contributed by atoms with van der Waals surface area (Å²) in [7, 11) is 1.62. The summed E-state index contributed by atoms with van der Waals surface area (Å²) >= 11 is 0. The lowest BCUT2D eigenvalue weighted by molar-refractivity contribution is -0.122. The number of aromatic nitrogens is 3. The average Bonchev–Trinajstić information content (AvgIpc) is 3.18. The molecule has 0 aliphatic carbocycles. The number of carbonyl (C=O) groups is 1. The van der Waals surface area contributed by atoms with Gasteiger partial charge < -0.3 is 19.4 Å². The molecule has 1 N–H and O–H groups in total.